The second-order valence-electron chi connectivity index (χ2n) is 8.82. The number of methoxy groups -OCH3 is 1. The van der Waals surface area contributed by atoms with Gasteiger partial charge < -0.3 is 20.3 Å². The first-order chi connectivity index (χ1) is 13.0. The lowest BCUT2D eigenvalue weighted by Crippen LogP contribution is -2.55. The van der Waals surface area contributed by atoms with E-state index in [0.717, 1.165) is 51.7 Å². The number of halogens is 1. The van der Waals surface area contributed by atoms with Crippen molar-refractivity contribution in [2.75, 3.05) is 66.6 Å². The van der Waals surface area contributed by atoms with E-state index in [2.05, 4.69) is 48.3 Å². The van der Waals surface area contributed by atoms with Gasteiger partial charge in [-0.05, 0) is 44.6 Å². The number of piperazine rings is 1. The molecule has 0 aromatic carbocycles. The van der Waals surface area contributed by atoms with E-state index in [9.17, 15) is 0 Å². The van der Waals surface area contributed by atoms with Crippen molar-refractivity contribution in [1.82, 2.24) is 20.4 Å². The number of nitrogens with one attached hydrogen (secondary N) is 2. The molecule has 1 aliphatic heterocycles. The molecular weight excluding hydrogens is 465 g/mol. The van der Waals surface area contributed by atoms with E-state index in [1.807, 2.05) is 0 Å². The van der Waals surface area contributed by atoms with Crippen LogP contribution in [0, 0.1) is 11.3 Å². The van der Waals surface area contributed by atoms with Gasteiger partial charge in [0.25, 0.3) is 0 Å². The smallest absolute Gasteiger partial charge is 0.191 e. The highest BCUT2D eigenvalue weighted by molar-refractivity contribution is 14.0. The van der Waals surface area contributed by atoms with Gasteiger partial charge in [-0.15, -0.1) is 24.0 Å². The minimum absolute atomic E-state index is 0. The molecule has 0 bridgehead atoms. The topological polar surface area (TPSA) is 52.1 Å². The van der Waals surface area contributed by atoms with E-state index in [1.165, 1.54) is 32.4 Å². The van der Waals surface area contributed by atoms with Crippen molar-refractivity contribution in [2.24, 2.45) is 16.3 Å². The van der Waals surface area contributed by atoms with Crippen LogP contribution in [0.2, 0.25) is 0 Å². The summed E-state index contributed by atoms with van der Waals surface area (Å²) in [5.41, 5.74) is 0.368. The molecule has 1 saturated carbocycles. The molecule has 28 heavy (non-hydrogen) atoms. The fraction of sp³-hybridized carbons (Fsp3) is 0.952. The molecule has 6 nitrogen and oxygen atoms in total. The van der Waals surface area contributed by atoms with Crippen LogP contribution in [0.4, 0.5) is 0 Å². The highest BCUT2D eigenvalue weighted by Crippen LogP contribution is 2.44. The maximum absolute atomic E-state index is 5.32. The Hall–Kier alpha value is -0.120. The van der Waals surface area contributed by atoms with Gasteiger partial charge in [0.15, 0.2) is 5.96 Å². The van der Waals surface area contributed by atoms with Crippen molar-refractivity contribution in [2.45, 2.75) is 52.5 Å². The standard InChI is InChI=1S/C21H43N5O.HI/c1-6-22-20(24-17-21(8-7-9-21)10-15-27-5)23-16-19(18(2)3)26-13-11-25(4)12-14-26;/h18-19H,6-17H2,1-5H3,(H2,22,23,24);1H. The first kappa shape index (κ1) is 25.9. The van der Waals surface area contributed by atoms with Crippen LogP contribution in [0.1, 0.15) is 46.5 Å². The molecule has 0 aromatic heterocycles. The number of hydrogen-bond acceptors (Lipinski definition) is 4. The third-order valence-corrected chi connectivity index (χ3v) is 6.42. The zero-order valence-corrected chi connectivity index (χ0v) is 21.1. The van der Waals surface area contributed by atoms with Gasteiger partial charge in [-0.2, -0.15) is 0 Å². The molecular formula is C21H44IN5O. The lowest BCUT2D eigenvalue weighted by molar-refractivity contribution is 0.0777. The molecule has 1 unspecified atom stereocenters. The number of aliphatic imine (C=N–C) groups is 1. The van der Waals surface area contributed by atoms with Crippen LogP contribution in [-0.4, -0.2) is 88.4 Å². The van der Waals surface area contributed by atoms with Crippen molar-refractivity contribution >= 4 is 29.9 Å². The summed E-state index contributed by atoms with van der Waals surface area (Å²) in [4.78, 5) is 10.0. The van der Waals surface area contributed by atoms with Crippen LogP contribution < -0.4 is 10.6 Å². The predicted octanol–water partition coefficient (Wildman–Crippen LogP) is 2.64. The average molecular weight is 510 g/mol. The van der Waals surface area contributed by atoms with Crippen LogP contribution in [0.3, 0.4) is 0 Å². The molecule has 0 amide bonds. The Balaban J connectivity index is 0.00000392. The largest absolute Gasteiger partial charge is 0.385 e. The van der Waals surface area contributed by atoms with Gasteiger partial charge in [-0.3, -0.25) is 9.89 Å². The van der Waals surface area contributed by atoms with E-state index in [4.69, 9.17) is 9.73 Å². The zero-order valence-electron chi connectivity index (χ0n) is 18.8. The van der Waals surface area contributed by atoms with Crippen LogP contribution in [0.15, 0.2) is 4.99 Å². The van der Waals surface area contributed by atoms with E-state index in [1.54, 1.807) is 7.11 Å². The molecule has 7 heteroatoms. The van der Waals surface area contributed by atoms with Crippen molar-refractivity contribution in [3.05, 3.63) is 0 Å². The van der Waals surface area contributed by atoms with E-state index in [0.29, 0.717) is 17.4 Å². The number of guanidine groups is 1. The highest BCUT2D eigenvalue weighted by atomic mass is 127. The van der Waals surface area contributed by atoms with Crippen LogP contribution >= 0.6 is 24.0 Å². The van der Waals surface area contributed by atoms with E-state index in [-0.39, 0.29) is 24.0 Å². The molecule has 2 aliphatic rings. The molecule has 0 radical (unpaired) electrons. The number of hydrogen-bond donors (Lipinski definition) is 2. The summed E-state index contributed by atoms with van der Waals surface area (Å²) in [6, 6.07) is 0.550. The van der Waals surface area contributed by atoms with Crippen molar-refractivity contribution in [3.63, 3.8) is 0 Å². The Morgan fingerprint density at radius 1 is 1.14 bits per heavy atom. The van der Waals surface area contributed by atoms with Gasteiger partial charge in [0.05, 0.1) is 0 Å². The number of rotatable bonds is 10. The third-order valence-electron chi connectivity index (χ3n) is 6.42. The average Bonchev–Trinajstić information content (AvgIpc) is 2.61. The van der Waals surface area contributed by atoms with Gasteiger partial charge in [0.1, 0.15) is 0 Å². The monoisotopic (exact) mass is 509 g/mol. The van der Waals surface area contributed by atoms with Gasteiger partial charge in [-0.25, -0.2) is 0 Å². The summed E-state index contributed by atoms with van der Waals surface area (Å²) >= 11 is 0. The molecule has 1 heterocycles. The quantitative estimate of drug-likeness (QED) is 0.270. The lowest BCUT2D eigenvalue weighted by atomic mass is 9.67. The summed E-state index contributed by atoms with van der Waals surface area (Å²) in [6.07, 6.45) is 5.04. The molecule has 2 fully saturated rings. The van der Waals surface area contributed by atoms with Crippen molar-refractivity contribution in [3.8, 4) is 0 Å². The first-order valence-corrected chi connectivity index (χ1v) is 10.9. The van der Waals surface area contributed by atoms with Crippen LogP contribution in [-0.2, 0) is 4.74 Å². The Labute approximate surface area is 190 Å². The minimum atomic E-state index is 0. The summed E-state index contributed by atoms with van der Waals surface area (Å²) < 4.78 is 5.32. The van der Waals surface area contributed by atoms with Crippen LogP contribution in [0.25, 0.3) is 0 Å². The maximum Gasteiger partial charge on any atom is 0.191 e. The molecule has 0 spiro atoms. The Kier molecular flexibility index (Phi) is 12.3. The van der Waals surface area contributed by atoms with E-state index < -0.39 is 0 Å². The summed E-state index contributed by atoms with van der Waals surface area (Å²) in [6.45, 7) is 15.1. The van der Waals surface area contributed by atoms with Crippen molar-refractivity contribution in [1.29, 1.82) is 0 Å². The maximum atomic E-state index is 5.32. The molecule has 1 saturated heterocycles. The van der Waals surface area contributed by atoms with Gasteiger partial charge in [0, 0.05) is 65.6 Å². The SMILES string of the molecule is CCNC(=NCC1(CCOC)CCC1)NCC(C(C)C)N1CCN(C)CC1.I. The summed E-state index contributed by atoms with van der Waals surface area (Å²) in [5.74, 6) is 1.60. The Morgan fingerprint density at radius 3 is 2.32 bits per heavy atom. The predicted molar refractivity (Wildman–Crippen MR) is 130 cm³/mol. The highest BCUT2D eigenvalue weighted by Gasteiger charge is 2.36. The third kappa shape index (κ3) is 7.95. The van der Waals surface area contributed by atoms with Gasteiger partial charge in [-0.1, -0.05) is 20.3 Å². The number of likely N-dealkylation sites (N-methyl/N-ethyl adjacent to an activating group) is 1. The fourth-order valence-electron chi connectivity index (χ4n) is 4.21. The molecule has 166 valence electrons. The fourth-order valence-corrected chi connectivity index (χ4v) is 4.21. The molecule has 1 atom stereocenters. The minimum Gasteiger partial charge on any atom is -0.385 e. The van der Waals surface area contributed by atoms with Crippen LogP contribution in [0.5, 0.6) is 0 Å². The molecule has 1 aliphatic carbocycles. The molecule has 2 rings (SSSR count). The normalized spacial score (nSPS) is 21.7. The number of ether oxygens (including phenoxy) is 1. The molecule has 0 aromatic rings. The first-order valence-electron chi connectivity index (χ1n) is 10.9. The Bertz CT molecular complexity index is 448. The van der Waals surface area contributed by atoms with Gasteiger partial charge in [0.2, 0.25) is 0 Å². The summed E-state index contributed by atoms with van der Waals surface area (Å²) in [7, 11) is 4.02. The lowest BCUT2D eigenvalue weighted by Gasteiger charge is -2.41. The molecule has 2 N–H and O–H groups in total. The van der Waals surface area contributed by atoms with E-state index >= 15 is 0 Å². The summed E-state index contributed by atoms with van der Waals surface area (Å²) in [5, 5.41) is 7.08. The second kappa shape index (κ2) is 13.2. The zero-order chi connectivity index (χ0) is 19.7. The Morgan fingerprint density at radius 2 is 1.82 bits per heavy atom. The number of nitrogens with zero attached hydrogens (tertiary/aromatic N) is 3. The second-order valence-corrected chi connectivity index (χ2v) is 8.82. The van der Waals surface area contributed by atoms with Crippen molar-refractivity contribution < 1.29 is 4.74 Å². The van der Waals surface area contributed by atoms with Gasteiger partial charge >= 0.3 is 0 Å².